The summed E-state index contributed by atoms with van der Waals surface area (Å²) in [6, 6.07) is 0. The SMILES string of the molecule is CCCC(N)(CCC)CCCCCO. The van der Waals surface area contributed by atoms with Crippen molar-refractivity contribution in [3.8, 4) is 0 Å². The molecule has 2 heteroatoms. The fourth-order valence-electron chi connectivity index (χ4n) is 2.14. The molecule has 0 saturated heterocycles. The van der Waals surface area contributed by atoms with Crippen LogP contribution in [0, 0.1) is 0 Å². The molecule has 0 amide bonds. The van der Waals surface area contributed by atoms with Crippen LogP contribution in [0.15, 0.2) is 0 Å². The van der Waals surface area contributed by atoms with E-state index in [1.54, 1.807) is 0 Å². The zero-order chi connectivity index (χ0) is 10.9. The third-order valence-corrected chi connectivity index (χ3v) is 2.83. The van der Waals surface area contributed by atoms with Gasteiger partial charge >= 0.3 is 0 Å². The lowest BCUT2D eigenvalue weighted by Crippen LogP contribution is -2.39. The van der Waals surface area contributed by atoms with Crippen LogP contribution in [-0.2, 0) is 0 Å². The van der Waals surface area contributed by atoms with Crippen molar-refractivity contribution in [3.05, 3.63) is 0 Å². The predicted molar refractivity (Wildman–Crippen MR) is 62.3 cm³/mol. The van der Waals surface area contributed by atoms with Crippen LogP contribution in [0.1, 0.15) is 65.2 Å². The van der Waals surface area contributed by atoms with E-state index in [9.17, 15) is 0 Å². The van der Waals surface area contributed by atoms with Crippen molar-refractivity contribution in [2.75, 3.05) is 6.61 Å². The number of rotatable bonds is 9. The molecule has 0 aromatic carbocycles. The van der Waals surface area contributed by atoms with E-state index in [1.807, 2.05) is 0 Å². The largest absolute Gasteiger partial charge is 0.396 e. The lowest BCUT2D eigenvalue weighted by Gasteiger charge is -2.29. The van der Waals surface area contributed by atoms with Gasteiger partial charge in [0.1, 0.15) is 0 Å². The first kappa shape index (κ1) is 13.9. The highest BCUT2D eigenvalue weighted by atomic mass is 16.2. The summed E-state index contributed by atoms with van der Waals surface area (Å²) in [5.41, 5.74) is 6.41. The highest BCUT2D eigenvalue weighted by Gasteiger charge is 2.21. The average molecular weight is 201 g/mol. The van der Waals surface area contributed by atoms with Gasteiger partial charge in [-0.05, 0) is 25.7 Å². The molecule has 0 radical (unpaired) electrons. The van der Waals surface area contributed by atoms with Crippen molar-refractivity contribution in [2.45, 2.75) is 70.8 Å². The summed E-state index contributed by atoms with van der Waals surface area (Å²) in [7, 11) is 0. The molecular weight excluding hydrogens is 174 g/mol. The van der Waals surface area contributed by atoms with Gasteiger partial charge in [-0.3, -0.25) is 0 Å². The summed E-state index contributed by atoms with van der Waals surface area (Å²) in [6.45, 7) is 4.72. The number of hydrogen-bond donors (Lipinski definition) is 2. The fourth-order valence-corrected chi connectivity index (χ4v) is 2.14. The molecule has 2 nitrogen and oxygen atoms in total. The van der Waals surface area contributed by atoms with Crippen molar-refractivity contribution in [2.24, 2.45) is 5.73 Å². The summed E-state index contributed by atoms with van der Waals surface area (Å²) < 4.78 is 0. The Morgan fingerprint density at radius 1 is 0.929 bits per heavy atom. The van der Waals surface area contributed by atoms with Gasteiger partial charge in [-0.1, -0.05) is 39.5 Å². The van der Waals surface area contributed by atoms with Gasteiger partial charge in [-0.2, -0.15) is 0 Å². The second kappa shape index (κ2) is 8.25. The summed E-state index contributed by atoms with van der Waals surface area (Å²) >= 11 is 0. The summed E-state index contributed by atoms with van der Waals surface area (Å²) in [5, 5.41) is 8.67. The van der Waals surface area contributed by atoms with Crippen molar-refractivity contribution in [1.29, 1.82) is 0 Å². The van der Waals surface area contributed by atoms with Crippen molar-refractivity contribution >= 4 is 0 Å². The standard InChI is InChI=1S/C12H27NO/c1-3-8-12(13,9-4-2)10-6-5-7-11-14/h14H,3-11,13H2,1-2H3. The average Bonchev–Trinajstić information content (AvgIpc) is 2.13. The molecule has 0 aromatic rings. The summed E-state index contributed by atoms with van der Waals surface area (Å²) in [4.78, 5) is 0. The zero-order valence-corrected chi connectivity index (χ0v) is 9.89. The maximum Gasteiger partial charge on any atom is 0.0431 e. The van der Waals surface area contributed by atoms with Gasteiger partial charge in [0.2, 0.25) is 0 Å². The van der Waals surface area contributed by atoms with Gasteiger partial charge in [-0.15, -0.1) is 0 Å². The van der Waals surface area contributed by atoms with Gasteiger partial charge < -0.3 is 10.8 Å². The molecule has 0 rings (SSSR count). The quantitative estimate of drug-likeness (QED) is 0.563. The molecule has 0 atom stereocenters. The molecule has 0 fully saturated rings. The van der Waals surface area contributed by atoms with Gasteiger partial charge in [-0.25, -0.2) is 0 Å². The minimum atomic E-state index is 0.0684. The number of nitrogens with two attached hydrogens (primary N) is 1. The van der Waals surface area contributed by atoms with Crippen LogP contribution in [0.3, 0.4) is 0 Å². The number of aliphatic hydroxyl groups is 1. The van der Waals surface area contributed by atoms with Gasteiger partial charge in [0.15, 0.2) is 0 Å². The Hall–Kier alpha value is -0.0800. The number of hydrogen-bond acceptors (Lipinski definition) is 2. The molecule has 0 bridgehead atoms. The minimum Gasteiger partial charge on any atom is -0.396 e. The fraction of sp³-hybridized carbons (Fsp3) is 1.00. The van der Waals surface area contributed by atoms with Crippen molar-refractivity contribution in [3.63, 3.8) is 0 Å². The van der Waals surface area contributed by atoms with Gasteiger partial charge in [0, 0.05) is 12.1 Å². The smallest absolute Gasteiger partial charge is 0.0431 e. The van der Waals surface area contributed by atoms with Crippen LogP contribution >= 0.6 is 0 Å². The molecule has 86 valence electrons. The topological polar surface area (TPSA) is 46.2 Å². The Morgan fingerprint density at radius 2 is 1.50 bits per heavy atom. The normalized spacial score (nSPS) is 12.0. The lowest BCUT2D eigenvalue weighted by atomic mass is 9.85. The van der Waals surface area contributed by atoms with E-state index in [4.69, 9.17) is 10.8 Å². The highest BCUT2D eigenvalue weighted by molar-refractivity contribution is 4.82. The highest BCUT2D eigenvalue weighted by Crippen LogP contribution is 2.23. The van der Waals surface area contributed by atoms with Crippen LogP contribution < -0.4 is 5.73 Å². The van der Waals surface area contributed by atoms with E-state index < -0.39 is 0 Å². The number of unbranched alkanes of at least 4 members (excludes halogenated alkanes) is 2. The molecule has 0 saturated carbocycles. The molecule has 0 aliphatic rings. The Bertz CT molecular complexity index is 119. The van der Waals surface area contributed by atoms with Gasteiger partial charge in [0.05, 0.1) is 0 Å². The Labute approximate surface area is 88.9 Å². The van der Waals surface area contributed by atoms with Crippen molar-refractivity contribution < 1.29 is 5.11 Å². The van der Waals surface area contributed by atoms with E-state index in [-0.39, 0.29) is 5.54 Å². The zero-order valence-electron chi connectivity index (χ0n) is 9.89. The first-order valence-corrected chi connectivity index (χ1v) is 6.08. The lowest BCUT2D eigenvalue weighted by molar-refractivity contribution is 0.272. The third kappa shape index (κ3) is 6.39. The molecule has 0 unspecified atom stereocenters. The minimum absolute atomic E-state index is 0.0684. The van der Waals surface area contributed by atoms with E-state index in [0.29, 0.717) is 6.61 Å². The summed E-state index contributed by atoms with van der Waals surface area (Å²) in [6.07, 6.45) is 8.95. The third-order valence-electron chi connectivity index (χ3n) is 2.83. The van der Waals surface area contributed by atoms with Crippen LogP contribution in [0.25, 0.3) is 0 Å². The predicted octanol–water partition coefficient (Wildman–Crippen LogP) is 2.84. The number of aliphatic hydroxyl groups excluding tert-OH is 1. The molecule has 0 heterocycles. The molecular formula is C12H27NO. The van der Waals surface area contributed by atoms with Crippen molar-refractivity contribution in [1.82, 2.24) is 0 Å². The van der Waals surface area contributed by atoms with Crippen LogP contribution in [0.2, 0.25) is 0 Å². The Kier molecular flexibility index (Phi) is 8.20. The van der Waals surface area contributed by atoms with Crippen LogP contribution in [-0.4, -0.2) is 17.3 Å². The molecule has 0 aliphatic carbocycles. The van der Waals surface area contributed by atoms with Gasteiger partial charge in [0.25, 0.3) is 0 Å². The Balaban J connectivity index is 3.71. The maximum atomic E-state index is 8.67. The van der Waals surface area contributed by atoms with E-state index in [2.05, 4.69) is 13.8 Å². The van der Waals surface area contributed by atoms with Crippen LogP contribution in [0.4, 0.5) is 0 Å². The maximum absolute atomic E-state index is 8.67. The monoisotopic (exact) mass is 201 g/mol. The van der Waals surface area contributed by atoms with Crippen LogP contribution in [0.5, 0.6) is 0 Å². The molecule has 3 N–H and O–H groups in total. The molecule has 0 spiro atoms. The second-order valence-electron chi connectivity index (χ2n) is 4.40. The first-order valence-electron chi connectivity index (χ1n) is 6.08. The second-order valence-corrected chi connectivity index (χ2v) is 4.40. The first-order chi connectivity index (χ1) is 6.68. The molecule has 0 aromatic heterocycles. The molecule has 14 heavy (non-hydrogen) atoms. The van der Waals surface area contributed by atoms with E-state index in [1.165, 1.54) is 12.8 Å². The summed E-state index contributed by atoms with van der Waals surface area (Å²) in [5.74, 6) is 0. The molecule has 0 aliphatic heterocycles. The Morgan fingerprint density at radius 3 is 1.93 bits per heavy atom. The van der Waals surface area contributed by atoms with E-state index >= 15 is 0 Å². The van der Waals surface area contributed by atoms with E-state index in [0.717, 1.165) is 38.5 Å².